The molecule has 3 heterocycles. The third kappa shape index (κ3) is 3.30. The third-order valence-corrected chi connectivity index (χ3v) is 6.32. The Bertz CT molecular complexity index is 1290. The molecule has 1 atom stereocenters. The van der Waals surface area contributed by atoms with Crippen LogP contribution in [0.4, 0.5) is 0 Å². The van der Waals surface area contributed by atoms with Crippen molar-refractivity contribution in [3.05, 3.63) is 64.8 Å². The summed E-state index contributed by atoms with van der Waals surface area (Å²) >= 11 is 0. The van der Waals surface area contributed by atoms with Gasteiger partial charge in [0.25, 0.3) is 5.91 Å². The van der Waals surface area contributed by atoms with E-state index >= 15 is 0 Å². The van der Waals surface area contributed by atoms with E-state index in [-0.39, 0.29) is 18.2 Å². The van der Waals surface area contributed by atoms with Crippen molar-refractivity contribution in [2.45, 2.75) is 39.3 Å². The zero-order chi connectivity index (χ0) is 22.6. The second-order valence-corrected chi connectivity index (χ2v) is 8.65. The maximum Gasteiger partial charge on any atom is 0.255 e. The van der Waals surface area contributed by atoms with E-state index in [1.165, 1.54) is 11.1 Å². The van der Waals surface area contributed by atoms with Gasteiger partial charge in [-0.3, -0.25) is 19.7 Å². The molecule has 1 fully saturated rings. The van der Waals surface area contributed by atoms with E-state index in [4.69, 9.17) is 4.98 Å². The highest BCUT2D eigenvalue weighted by molar-refractivity contribution is 6.05. The SMILES string of the molecule is Cc1ccc(-c2nc(-c3ccc4c(c3)CN(C3CCC(=O)NC3=O)C4=O)cn2C)c(C)c1. The number of carbonyl (C=O) groups excluding carboxylic acids is 3. The van der Waals surface area contributed by atoms with Crippen LogP contribution in [0.1, 0.15) is 39.9 Å². The molecule has 7 heteroatoms. The average Bonchev–Trinajstić information content (AvgIpc) is 3.28. The number of imide groups is 1. The molecule has 7 nitrogen and oxygen atoms in total. The molecule has 0 saturated carbocycles. The summed E-state index contributed by atoms with van der Waals surface area (Å²) in [7, 11) is 1.98. The van der Waals surface area contributed by atoms with E-state index in [9.17, 15) is 14.4 Å². The summed E-state index contributed by atoms with van der Waals surface area (Å²) in [5.74, 6) is 0.0372. The zero-order valence-corrected chi connectivity index (χ0v) is 18.3. The Morgan fingerprint density at radius 2 is 1.81 bits per heavy atom. The number of carbonyl (C=O) groups is 3. The lowest BCUT2D eigenvalue weighted by atomic mass is 10.0. The summed E-state index contributed by atoms with van der Waals surface area (Å²) < 4.78 is 2.01. The molecular weight excluding hydrogens is 404 g/mol. The molecular formula is C25H24N4O3. The molecule has 3 amide bonds. The summed E-state index contributed by atoms with van der Waals surface area (Å²) in [5.41, 5.74) is 6.70. The number of nitrogens with zero attached hydrogens (tertiary/aromatic N) is 3. The first-order valence-electron chi connectivity index (χ1n) is 10.7. The van der Waals surface area contributed by atoms with Gasteiger partial charge in [0.2, 0.25) is 11.8 Å². The van der Waals surface area contributed by atoms with Crippen LogP contribution in [0.2, 0.25) is 0 Å². The van der Waals surface area contributed by atoms with E-state index in [0.29, 0.717) is 18.5 Å². The molecule has 1 N–H and O–H groups in total. The minimum atomic E-state index is -0.609. The molecule has 0 spiro atoms. The Labute approximate surface area is 186 Å². The van der Waals surface area contributed by atoms with Crippen molar-refractivity contribution in [1.82, 2.24) is 19.8 Å². The predicted molar refractivity (Wildman–Crippen MR) is 120 cm³/mol. The van der Waals surface area contributed by atoms with Gasteiger partial charge in [0.1, 0.15) is 11.9 Å². The smallest absolute Gasteiger partial charge is 0.255 e. The standard InChI is InChI=1S/C25H24N4O3/c1-14-4-6-18(15(2)10-14)23-26-20(13-28(23)3)16-5-7-19-17(11-16)12-29(25(19)32)21-8-9-22(30)27-24(21)31/h4-7,10-11,13,21H,8-9,12H2,1-3H3,(H,27,30,31). The quantitative estimate of drug-likeness (QED) is 0.650. The molecule has 1 saturated heterocycles. The summed E-state index contributed by atoms with van der Waals surface area (Å²) in [6.07, 6.45) is 2.60. The monoisotopic (exact) mass is 428 g/mol. The Kier molecular flexibility index (Phi) is 4.69. The average molecular weight is 428 g/mol. The van der Waals surface area contributed by atoms with Gasteiger partial charge in [0.05, 0.1) is 5.69 Å². The van der Waals surface area contributed by atoms with Gasteiger partial charge in [-0.15, -0.1) is 0 Å². The number of fused-ring (bicyclic) bond motifs is 1. The van der Waals surface area contributed by atoms with Gasteiger partial charge in [0.15, 0.2) is 0 Å². The largest absolute Gasteiger partial charge is 0.333 e. The number of benzene rings is 2. The molecule has 0 bridgehead atoms. The van der Waals surface area contributed by atoms with E-state index in [1.807, 2.05) is 36.0 Å². The lowest BCUT2D eigenvalue weighted by Crippen LogP contribution is -2.52. The van der Waals surface area contributed by atoms with Crippen LogP contribution < -0.4 is 5.32 Å². The highest BCUT2D eigenvalue weighted by Gasteiger charge is 2.39. The molecule has 2 aromatic carbocycles. The topological polar surface area (TPSA) is 84.3 Å². The lowest BCUT2D eigenvalue weighted by molar-refractivity contribution is -0.136. The number of rotatable bonds is 3. The molecule has 0 aliphatic carbocycles. The van der Waals surface area contributed by atoms with Crippen LogP contribution in [-0.4, -0.2) is 38.2 Å². The van der Waals surface area contributed by atoms with Gasteiger partial charge in [-0.2, -0.15) is 0 Å². The minimum Gasteiger partial charge on any atom is -0.333 e. The van der Waals surface area contributed by atoms with Crippen molar-refractivity contribution in [2.24, 2.45) is 7.05 Å². The molecule has 162 valence electrons. The number of imidazole rings is 1. The van der Waals surface area contributed by atoms with Crippen molar-refractivity contribution in [1.29, 1.82) is 0 Å². The number of nitrogens with one attached hydrogen (secondary N) is 1. The zero-order valence-electron chi connectivity index (χ0n) is 18.3. The fourth-order valence-corrected chi connectivity index (χ4v) is 4.65. The number of piperidine rings is 1. The van der Waals surface area contributed by atoms with Gasteiger partial charge in [-0.25, -0.2) is 4.98 Å². The van der Waals surface area contributed by atoms with Crippen LogP contribution in [0.25, 0.3) is 22.6 Å². The number of hydrogen-bond acceptors (Lipinski definition) is 4. The van der Waals surface area contributed by atoms with Gasteiger partial charge < -0.3 is 9.47 Å². The number of aromatic nitrogens is 2. The Hall–Kier alpha value is -3.74. The summed E-state index contributed by atoms with van der Waals surface area (Å²) in [6, 6.07) is 11.4. The van der Waals surface area contributed by atoms with Crippen LogP contribution in [-0.2, 0) is 23.2 Å². The van der Waals surface area contributed by atoms with E-state index < -0.39 is 11.9 Å². The van der Waals surface area contributed by atoms with Gasteiger partial charge >= 0.3 is 0 Å². The lowest BCUT2D eigenvalue weighted by Gasteiger charge is -2.29. The molecule has 0 radical (unpaired) electrons. The van der Waals surface area contributed by atoms with Gasteiger partial charge in [-0.05, 0) is 43.5 Å². The number of aryl methyl sites for hydroxylation is 3. The van der Waals surface area contributed by atoms with Gasteiger partial charge in [-0.1, -0.05) is 29.8 Å². The molecule has 2 aliphatic rings. The molecule has 5 rings (SSSR count). The third-order valence-electron chi connectivity index (χ3n) is 6.32. The maximum absolute atomic E-state index is 12.9. The summed E-state index contributed by atoms with van der Waals surface area (Å²) in [6.45, 7) is 4.51. The van der Waals surface area contributed by atoms with Crippen molar-refractivity contribution in [2.75, 3.05) is 0 Å². The number of hydrogen-bond donors (Lipinski definition) is 1. The highest BCUT2D eigenvalue weighted by atomic mass is 16.2. The van der Waals surface area contributed by atoms with Crippen molar-refractivity contribution in [3.63, 3.8) is 0 Å². The van der Waals surface area contributed by atoms with E-state index in [1.54, 1.807) is 4.90 Å². The minimum absolute atomic E-state index is 0.168. The fraction of sp³-hybridized carbons (Fsp3) is 0.280. The molecule has 2 aliphatic heterocycles. The normalized spacial score (nSPS) is 18.2. The molecule has 1 aromatic heterocycles. The van der Waals surface area contributed by atoms with E-state index in [0.717, 1.165) is 28.2 Å². The van der Waals surface area contributed by atoms with E-state index in [2.05, 4.69) is 37.4 Å². The Morgan fingerprint density at radius 1 is 1.03 bits per heavy atom. The maximum atomic E-state index is 12.9. The van der Waals surface area contributed by atoms with Crippen LogP contribution >= 0.6 is 0 Å². The summed E-state index contributed by atoms with van der Waals surface area (Å²) in [4.78, 5) is 43.1. The first-order valence-corrected chi connectivity index (χ1v) is 10.7. The first-order chi connectivity index (χ1) is 15.3. The van der Waals surface area contributed by atoms with Crippen molar-refractivity contribution >= 4 is 17.7 Å². The first kappa shape index (κ1) is 20.2. The molecule has 3 aromatic rings. The van der Waals surface area contributed by atoms with Crippen LogP contribution in [0, 0.1) is 13.8 Å². The number of amides is 3. The van der Waals surface area contributed by atoms with Gasteiger partial charge in [0, 0.05) is 42.9 Å². The van der Waals surface area contributed by atoms with Crippen molar-refractivity contribution in [3.8, 4) is 22.6 Å². The second kappa shape index (κ2) is 7.44. The van der Waals surface area contributed by atoms with Crippen LogP contribution in [0.3, 0.4) is 0 Å². The predicted octanol–water partition coefficient (Wildman–Crippen LogP) is 3.13. The van der Waals surface area contributed by atoms with Crippen LogP contribution in [0.5, 0.6) is 0 Å². The fourth-order valence-electron chi connectivity index (χ4n) is 4.65. The Morgan fingerprint density at radius 3 is 2.56 bits per heavy atom. The van der Waals surface area contributed by atoms with Crippen LogP contribution in [0.15, 0.2) is 42.6 Å². The Balaban J connectivity index is 1.45. The highest BCUT2D eigenvalue weighted by Crippen LogP contribution is 2.32. The van der Waals surface area contributed by atoms with Crippen molar-refractivity contribution < 1.29 is 14.4 Å². The molecule has 1 unspecified atom stereocenters. The molecule has 32 heavy (non-hydrogen) atoms. The summed E-state index contributed by atoms with van der Waals surface area (Å²) in [5, 5.41) is 2.34. The second-order valence-electron chi connectivity index (χ2n) is 8.65.